The van der Waals surface area contributed by atoms with E-state index in [1.165, 1.54) is 19.2 Å². The summed E-state index contributed by atoms with van der Waals surface area (Å²) >= 11 is 0. The van der Waals surface area contributed by atoms with Gasteiger partial charge in [0.25, 0.3) is 0 Å². The summed E-state index contributed by atoms with van der Waals surface area (Å²) < 4.78 is 14.9. The van der Waals surface area contributed by atoms with Crippen molar-refractivity contribution >= 4 is 11.9 Å². The van der Waals surface area contributed by atoms with E-state index in [-0.39, 0.29) is 30.1 Å². The van der Waals surface area contributed by atoms with Gasteiger partial charge in [-0.3, -0.25) is 4.79 Å². The molecule has 8 nitrogen and oxygen atoms in total. The number of hydrogen-bond donors (Lipinski definition) is 3. The van der Waals surface area contributed by atoms with Gasteiger partial charge >= 0.3 is 11.9 Å². The number of rotatable bonds is 6. The van der Waals surface area contributed by atoms with Gasteiger partial charge in [0.05, 0.1) is 32.0 Å². The number of methoxy groups -OCH3 is 1. The lowest BCUT2D eigenvalue weighted by Crippen LogP contribution is -2.31. The Hall–Kier alpha value is -3.00. The quantitative estimate of drug-likeness (QED) is 0.387. The molecule has 0 bridgehead atoms. The molecule has 2 atom stereocenters. The molecule has 0 amide bonds. The molecule has 27 heavy (non-hydrogen) atoms. The van der Waals surface area contributed by atoms with Crippen LogP contribution in [0.25, 0.3) is 0 Å². The predicted octanol–water partition coefficient (Wildman–Crippen LogP) is 1.54. The number of benzene rings is 1. The number of esters is 2. The van der Waals surface area contributed by atoms with Gasteiger partial charge in [-0.25, -0.2) is 4.79 Å². The molecule has 2 rings (SSSR count). The summed E-state index contributed by atoms with van der Waals surface area (Å²) in [6.07, 6.45) is 1.60. The van der Waals surface area contributed by atoms with E-state index in [9.17, 15) is 24.9 Å². The number of hydrogen-bond acceptors (Lipinski definition) is 8. The van der Waals surface area contributed by atoms with Gasteiger partial charge in [-0.05, 0) is 24.6 Å². The van der Waals surface area contributed by atoms with Crippen LogP contribution in [-0.2, 0) is 30.2 Å². The van der Waals surface area contributed by atoms with Gasteiger partial charge in [-0.2, -0.15) is 0 Å². The molecule has 0 saturated carbocycles. The van der Waals surface area contributed by atoms with Gasteiger partial charge in [-0.15, -0.1) is 0 Å². The number of phenols is 2. The van der Waals surface area contributed by atoms with Gasteiger partial charge in [-0.1, -0.05) is 12.1 Å². The summed E-state index contributed by atoms with van der Waals surface area (Å²) in [5.41, 5.74) is 1.18. The minimum atomic E-state index is -1.25. The summed E-state index contributed by atoms with van der Waals surface area (Å²) in [6.45, 7) is 1.72. The van der Waals surface area contributed by atoms with Crippen molar-refractivity contribution in [2.45, 2.75) is 26.1 Å². The lowest BCUT2D eigenvalue weighted by molar-refractivity contribution is -0.145. The first kappa shape index (κ1) is 20.3. The Morgan fingerprint density at radius 1 is 1.26 bits per heavy atom. The maximum atomic E-state index is 12.2. The molecule has 1 aliphatic rings. The molecule has 8 heteroatoms. The maximum absolute atomic E-state index is 12.2. The van der Waals surface area contributed by atoms with Gasteiger partial charge in [0.1, 0.15) is 0 Å². The average molecular weight is 378 g/mol. The van der Waals surface area contributed by atoms with E-state index in [2.05, 4.69) is 0 Å². The van der Waals surface area contributed by atoms with Crippen LogP contribution < -0.4 is 0 Å². The van der Waals surface area contributed by atoms with Crippen LogP contribution in [0.3, 0.4) is 0 Å². The Morgan fingerprint density at radius 2 is 2.00 bits per heavy atom. The Morgan fingerprint density at radius 3 is 2.63 bits per heavy atom. The molecule has 3 N–H and O–H groups in total. The number of carbonyl (C=O) groups is 2. The van der Waals surface area contributed by atoms with E-state index in [1.54, 1.807) is 19.1 Å². The zero-order valence-corrected chi connectivity index (χ0v) is 15.0. The minimum absolute atomic E-state index is 0.0528. The van der Waals surface area contributed by atoms with E-state index in [0.717, 1.165) is 6.26 Å². The minimum Gasteiger partial charge on any atom is -0.504 e. The average Bonchev–Trinajstić information content (AvgIpc) is 2.64. The number of ether oxygens (including phenoxy) is 3. The smallest absolute Gasteiger partial charge is 0.337 e. The van der Waals surface area contributed by atoms with Crippen LogP contribution in [0.5, 0.6) is 11.5 Å². The molecule has 0 aliphatic carbocycles. The van der Waals surface area contributed by atoms with Crippen LogP contribution in [0.4, 0.5) is 0 Å². The number of aliphatic hydroxyl groups is 1. The maximum Gasteiger partial charge on any atom is 0.337 e. The van der Waals surface area contributed by atoms with Crippen LogP contribution >= 0.6 is 0 Å². The molecule has 1 aromatic carbocycles. The Bertz CT molecular complexity index is 765. The molecule has 0 saturated heterocycles. The fourth-order valence-electron chi connectivity index (χ4n) is 2.76. The van der Waals surface area contributed by atoms with E-state index in [0.29, 0.717) is 17.6 Å². The van der Waals surface area contributed by atoms with Crippen molar-refractivity contribution in [2.75, 3.05) is 13.7 Å². The second-order valence-electron chi connectivity index (χ2n) is 5.89. The van der Waals surface area contributed by atoms with Crippen molar-refractivity contribution in [2.24, 2.45) is 5.92 Å². The second-order valence-corrected chi connectivity index (χ2v) is 5.89. The van der Waals surface area contributed by atoms with Crippen molar-refractivity contribution < 1.29 is 39.1 Å². The zero-order valence-electron chi connectivity index (χ0n) is 15.0. The summed E-state index contributed by atoms with van der Waals surface area (Å²) in [6, 6.07) is 4.34. The molecule has 1 aromatic rings. The van der Waals surface area contributed by atoms with Gasteiger partial charge in [0.15, 0.2) is 11.5 Å². The molecule has 0 radical (unpaired) electrons. The molecule has 0 fully saturated rings. The van der Waals surface area contributed by atoms with E-state index < -0.39 is 24.1 Å². The van der Waals surface area contributed by atoms with Crippen molar-refractivity contribution in [1.29, 1.82) is 0 Å². The zero-order chi connectivity index (χ0) is 20.0. The third-order valence-electron chi connectivity index (χ3n) is 4.21. The highest BCUT2D eigenvalue weighted by Crippen LogP contribution is 2.33. The highest BCUT2D eigenvalue weighted by Gasteiger charge is 2.35. The molecule has 0 spiro atoms. The first-order valence-corrected chi connectivity index (χ1v) is 8.31. The third-order valence-corrected chi connectivity index (χ3v) is 4.21. The number of aromatic hydroxyl groups is 2. The fraction of sp³-hybridized carbons (Fsp3) is 0.368. The number of carbonyl (C=O) groups excluding carboxylic acids is 2. The van der Waals surface area contributed by atoms with Crippen molar-refractivity contribution in [3.8, 4) is 11.5 Å². The normalized spacial score (nSPS) is 20.6. The number of aliphatic hydroxyl groups excluding tert-OH is 1. The molecule has 1 aliphatic heterocycles. The van der Waals surface area contributed by atoms with E-state index in [4.69, 9.17) is 14.2 Å². The van der Waals surface area contributed by atoms with Crippen molar-refractivity contribution in [3.05, 3.63) is 47.2 Å². The van der Waals surface area contributed by atoms with Crippen LogP contribution in [0.1, 0.15) is 18.9 Å². The largest absolute Gasteiger partial charge is 0.504 e. The molecular formula is C19H22O8. The Kier molecular flexibility index (Phi) is 6.84. The van der Waals surface area contributed by atoms with E-state index >= 15 is 0 Å². The molecule has 0 aromatic heterocycles. The van der Waals surface area contributed by atoms with Crippen LogP contribution in [-0.4, -0.2) is 47.3 Å². The SMILES string of the molecule is C/C=C1/C(CC(=O)OCCc2ccc(O)c(O)c2)C(C(=O)OC)=CO[C@H]1O. The number of allylic oxidation sites excluding steroid dienone is 1. The molecule has 1 heterocycles. The Balaban J connectivity index is 1.99. The summed E-state index contributed by atoms with van der Waals surface area (Å²) in [4.78, 5) is 24.1. The van der Waals surface area contributed by atoms with Crippen LogP contribution in [0.2, 0.25) is 0 Å². The molecule has 1 unspecified atom stereocenters. The lowest BCUT2D eigenvalue weighted by Gasteiger charge is -2.28. The standard InChI is InChI=1S/C19H22O8/c1-3-12-13(14(18(23)25-2)10-27-19(12)24)9-17(22)26-7-6-11-4-5-15(20)16(21)8-11/h3-5,8,10,13,19-21,24H,6-7,9H2,1-2H3/b12-3-/t13?,19-/m1/s1. The van der Waals surface area contributed by atoms with Crippen LogP contribution in [0.15, 0.2) is 41.7 Å². The van der Waals surface area contributed by atoms with Crippen LogP contribution in [0, 0.1) is 5.92 Å². The summed E-state index contributed by atoms with van der Waals surface area (Å²) in [5.74, 6) is -2.41. The van der Waals surface area contributed by atoms with Crippen molar-refractivity contribution in [3.63, 3.8) is 0 Å². The highest BCUT2D eigenvalue weighted by molar-refractivity contribution is 5.90. The monoisotopic (exact) mass is 378 g/mol. The van der Waals surface area contributed by atoms with Gasteiger partial charge in [0.2, 0.25) is 6.29 Å². The van der Waals surface area contributed by atoms with E-state index in [1.807, 2.05) is 0 Å². The van der Waals surface area contributed by atoms with Gasteiger partial charge < -0.3 is 29.5 Å². The van der Waals surface area contributed by atoms with Gasteiger partial charge in [0, 0.05) is 17.9 Å². The molecule has 146 valence electrons. The topological polar surface area (TPSA) is 123 Å². The number of phenolic OH excluding ortho intramolecular Hbond substituents is 2. The summed E-state index contributed by atoms with van der Waals surface area (Å²) in [5, 5.41) is 28.7. The fourth-order valence-corrected chi connectivity index (χ4v) is 2.76. The second kappa shape index (κ2) is 9.09. The first-order chi connectivity index (χ1) is 12.9. The Labute approximate surface area is 156 Å². The lowest BCUT2D eigenvalue weighted by atomic mass is 9.86. The first-order valence-electron chi connectivity index (χ1n) is 8.31. The third kappa shape index (κ3) is 5.01. The molecular weight excluding hydrogens is 356 g/mol. The summed E-state index contributed by atoms with van der Waals surface area (Å²) in [7, 11) is 1.21. The predicted molar refractivity (Wildman–Crippen MR) is 93.5 cm³/mol. The van der Waals surface area contributed by atoms with Crippen molar-refractivity contribution in [1.82, 2.24) is 0 Å². The highest BCUT2D eigenvalue weighted by atomic mass is 16.6.